The minimum Gasteiger partial charge on any atom is -0.385 e. The molecule has 0 saturated heterocycles. The molecule has 1 aromatic rings. The average Bonchev–Trinajstić information content (AvgIpc) is 2.99. The zero-order valence-electron chi connectivity index (χ0n) is 18.6. The van der Waals surface area contributed by atoms with E-state index in [-0.39, 0.29) is 24.3 Å². The number of carbonyl (C=O) groups is 3. The quantitative estimate of drug-likeness (QED) is 0.370. The maximum Gasteiger partial charge on any atom is 0.277 e. The Kier molecular flexibility index (Phi) is 9.64. The lowest BCUT2D eigenvalue weighted by atomic mass is 10.0. The number of hydrogen-bond donors (Lipinski definition) is 1. The summed E-state index contributed by atoms with van der Waals surface area (Å²) in [7, 11) is 4.75. The molecule has 0 aliphatic carbocycles. The van der Waals surface area contributed by atoms with Crippen molar-refractivity contribution in [3.05, 3.63) is 35.5 Å². The molecule has 0 spiro atoms. The molecule has 9 heteroatoms. The van der Waals surface area contributed by atoms with Gasteiger partial charge in [-0.3, -0.25) is 19.3 Å². The summed E-state index contributed by atoms with van der Waals surface area (Å²) in [6, 6.07) is 6.88. The first-order chi connectivity index (χ1) is 14.9. The van der Waals surface area contributed by atoms with Crippen LogP contribution in [0.5, 0.6) is 0 Å². The summed E-state index contributed by atoms with van der Waals surface area (Å²) in [4.78, 5) is 41.0. The van der Waals surface area contributed by atoms with E-state index in [0.29, 0.717) is 61.9 Å². The van der Waals surface area contributed by atoms with Gasteiger partial charge in [0.1, 0.15) is 5.70 Å². The predicted octanol–water partition coefficient (Wildman–Crippen LogP) is 1.36. The molecule has 1 aliphatic heterocycles. The maximum absolute atomic E-state index is 13.3. The highest BCUT2D eigenvalue weighted by atomic mass is 16.5. The number of carbonyl (C=O) groups excluding carboxylic acids is 3. The number of methoxy groups -OCH3 is 3. The van der Waals surface area contributed by atoms with Crippen molar-refractivity contribution in [2.45, 2.75) is 13.3 Å². The standard InChI is InChI=1S/C22H31N3O6/c1-16(26)23-18-8-6-17(7-9-18)19-20(24(11-14-30-3)12-15-31-4)22(28)25(21(19)27)10-5-13-29-2/h6-9H,5,10-15H2,1-4H3,(H,23,26). The van der Waals surface area contributed by atoms with Crippen LogP contribution in [0.25, 0.3) is 5.57 Å². The van der Waals surface area contributed by atoms with Crippen LogP contribution >= 0.6 is 0 Å². The molecule has 9 nitrogen and oxygen atoms in total. The van der Waals surface area contributed by atoms with Gasteiger partial charge in [0.2, 0.25) is 5.91 Å². The van der Waals surface area contributed by atoms with Crippen LogP contribution in [0, 0.1) is 0 Å². The fourth-order valence-electron chi connectivity index (χ4n) is 3.35. The van der Waals surface area contributed by atoms with Crippen molar-refractivity contribution in [2.24, 2.45) is 0 Å². The number of benzene rings is 1. The zero-order chi connectivity index (χ0) is 22.8. The van der Waals surface area contributed by atoms with Crippen LogP contribution in [0.4, 0.5) is 5.69 Å². The smallest absolute Gasteiger partial charge is 0.277 e. The summed E-state index contributed by atoms with van der Waals surface area (Å²) >= 11 is 0. The van der Waals surface area contributed by atoms with Crippen LogP contribution in [0.3, 0.4) is 0 Å². The highest BCUT2D eigenvalue weighted by Crippen LogP contribution is 2.32. The first kappa shape index (κ1) is 24.5. The molecule has 31 heavy (non-hydrogen) atoms. The van der Waals surface area contributed by atoms with Crippen molar-refractivity contribution >= 4 is 29.0 Å². The Morgan fingerprint density at radius 2 is 1.52 bits per heavy atom. The minimum atomic E-state index is -0.344. The Hall–Kier alpha value is -2.75. The molecule has 0 unspecified atom stereocenters. The predicted molar refractivity (Wildman–Crippen MR) is 116 cm³/mol. The first-order valence-electron chi connectivity index (χ1n) is 10.1. The Bertz CT molecular complexity index is 798. The molecule has 0 atom stereocenters. The average molecular weight is 434 g/mol. The highest BCUT2D eigenvalue weighted by Gasteiger charge is 2.41. The van der Waals surface area contributed by atoms with E-state index in [2.05, 4.69) is 5.32 Å². The molecule has 2 rings (SSSR count). The van der Waals surface area contributed by atoms with Gasteiger partial charge in [-0.2, -0.15) is 0 Å². The number of hydrogen-bond acceptors (Lipinski definition) is 7. The first-order valence-corrected chi connectivity index (χ1v) is 10.1. The topological polar surface area (TPSA) is 97.4 Å². The van der Waals surface area contributed by atoms with Gasteiger partial charge in [0, 0.05) is 60.2 Å². The van der Waals surface area contributed by atoms with Gasteiger partial charge in [-0.15, -0.1) is 0 Å². The van der Waals surface area contributed by atoms with E-state index < -0.39 is 0 Å². The summed E-state index contributed by atoms with van der Waals surface area (Å²) in [6.07, 6.45) is 0.548. The van der Waals surface area contributed by atoms with E-state index in [1.165, 1.54) is 11.8 Å². The Morgan fingerprint density at radius 1 is 0.935 bits per heavy atom. The van der Waals surface area contributed by atoms with E-state index in [9.17, 15) is 14.4 Å². The highest BCUT2D eigenvalue weighted by molar-refractivity contribution is 6.35. The molecule has 0 aromatic heterocycles. The van der Waals surface area contributed by atoms with Crippen LogP contribution in [0.1, 0.15) is 18.9 Å². The van der Waals surface area contributed by atoms with Crippen molar-refractivity contribution < 1.29 is 28.6 Å². The van der Waals surface area contributed by atoms with Gasteiger partial charge in [-0.05, 0) is 24.1 Å². The Balaban J connectivity index is 2.45. The van der Waals surface area contributed by atoms with Gasteiger partial charge in [-0.25, -0.2) is 0 Å². The van der Waals surface area contributed by atoms with Crippen molar-refractivity contribution in [2.75, 3.05) is 66.1 Å². The molecule has 1 heterocycles. The van der Waals surface area contributed by atoms with Crippen molar-refractivity contribution in [1.29, 1.82) is 0 Å². The van der Waals surface area contributed by atoms with Gasteiger partial charge in [0.05, 0.1) is 18.8 Å². The monoisotopic (exact) mass is 433 g/mol. The second-order valence-corrected chi connectivity index (χ2v) is 7.06. The summed E-state index contributed by atoms with van der Waals surface area (Å²) in [5.41, 5.74) is 1.90. The zero-order valence-corrected chi connectivity index (χ0v) is 18.6. The fourth-order valence-corrected chi connectivity index (χ4v) is 3.35. The molecule has 1 N–H and O–H groups in total. The number of imide groups is 1. The van der Waals surface area contributed by atoms with Crippen LogP contribution < -0.4 is 5.32 Å². The van der Waals surface area contributed by atoms with E-state index in [4.69, 9.17) is 14.2 Å². The largest absolute Gasteiger partial charge is 0.385 e. The Labute approximate surface area is 182 Å². The lowest BCUT2D eigenvalue weighted by Gasteiger charge is -2.25. The summed E-state index contributed by atoms with van der Waals surface area (Å²) < 4.78 is 15.5. The normalized spacial score (nSPS) is 13.9. The van der Waals surface area contributed by atoms with Crippen molar-refractivity contribution in [3.8, 4) is 0 Å². The number of rotatable bonds is 13. The summed E-state index contributed by atoms with van der Waals surface area (Å²) in [5, 5.41) is 2.70. The molecule has 170 valence electrons. The van der Waals surface area contributed by atoms with Gasteiger partial charge < -0.3 is 24.4 Å². The third kappa shape index (κ3) is 6.36. The number of anilines is 1. The molecule has 1 aromatic carbocycles. The molecule has 3 amide bonds. The maximum atomic E-state index is 13.3. The second-order valence-electron chi connectivity index (χ2n) is 7.06. The van der Waals surface area contributed by atoms with E-state index in [0.717, 1.165) is 0 Å². The number of amides is 3. The van der Waals surface area contributed by atoms with Gasteiger partial charge >= 0.3 is 0 Å². The minimum absolute atomic E-state index is 0.186. The fraction of sp³-hybridized carbons (Fsp3) is 0.500. The van der Waals surface area contributed by atoms with Crippen molar-refractivity contribution in [1.82, 2.24) is 9.80 Å². The third-order valence-corrected chi connectivity index (χ3v) is 4.81. The van der Waals surface area contributed by atoms with Gasteiger partial charge in [0.25, 0.3) is 11.8 Å². The molecule has 0 saturated carbocycles. The molecular weight excluding hydrogens is 402 g/mol. The lowest BCUT2D eigenvalue weighted by molar-refractivity contribution is -0.137. The van der Waals surface area contributed by atoms with Crippen molar-refractivity contribution in [3.63, 3.8) is 0 Å². The van der Waals surface area contributed by atoms with E-state index >= 15 is 0 Å². The lowest BCUT2D eigenvalue weighted by Crippen LogP contribution is -2.38. The molecule has 0 bridgehead atoms. The number of nitrogens with one attached hydrogen (secondary N) is 1. The van der Waals surface area contributed by atoms with Gasteiger partial charge in [-0.1, -0.05) is 12.1 Å². The SMILES string of the molecule is COCCCN1C(=O)C(c2ccc(NC(C)=O)cc2)=C(N(CCOC)CCOC)C1=O. The summed E-state index contributed by atoms with van der Waals surface area (Å²) in [6.45, 7) is 3.81. The van der Waals surface area contributed by atoms with Crippen LogP contribution in [-0.2, 0) is 28.6 Å². The van der Waals surface area contributed by atoms with Crippen LogP contribution in [0.15, 0.2) is 30.0 Å². The third-order valence-electron chi connectivity index (χ3n) is 4.81. The molecular formula is C22H31N3O6. The van der Waals surface area contributed by atoms with E-state index in [1.807, 2.05) is 4.90 Å². The number of ether oxygens (including phenoxy) is 3. The molecule has 1 aliphatic rings. The second kappa shape index (κ2) is 12.2. The van der Waals surface area contributed by atoms with Crippen LogP contribution in [0.2, 0.25) is 0 Å². The molecule has 0 fully saturated rings. The Morgan fingerprint density at radius 3 is 2.03 bits per heavy atom. The van der Waals surface area contributed by atoms with Gasteiger partial charge in [0.15, 0.2) is 0 Å². The van der Waals surface area contributed by atoms with E-state index in [1.54, 1.807) is 45.6 Å². The molecule has 0 radical (unpaired) electrons. The summed E-state index contributed by atoms with van der Waals surface area (Å²) in [5.74, 6) is -0.869. The number of nitrogens with zero attached hydrogens (tertiary/aromatic N) is 2. The van der Waals surface area contributed by atoms with Crippen LogP contribution in [-0.4, -0.2) is 88.3 Å².